The minimum atomic E-state index is -0.269. The zero-order chi connectivity index (χ0) is 19.5. The Morgan fingerprint density at radius 2 is 1.79 bits per heavy atom. The summed E-state index contributed by atoms with van der Waals surface area (Å²) in [6.07, 6.45) is 6.01. The second-order valence-electron chi connectivity index (χ2n) is 6.48. The van der Waals surface area contributed by atoms with E-state index in [1.807, 2.05) is 71.6 Å². The Morgan fingerprint density at radius 3 is 2.57 bits per heavy atom. The maximum absolute atomic E-state index is 12.2. The number of rotatable bonds is 4. The molecule has 0 bridgehead atoms. The van der Waals surface area contributed by atoms with Crippen LogP contribution in [0.3, 0.4) is 0 Å². The SMILES string of the molecule is CSc1cccc(NC(=O)Nc2ccc(-c3cn4ccc(C)cc4n3)cc2)c1. The molecular weight excluding hydrogens is 368 g/mol. The molecule has 0 aliphatic rings. The lowest BCUT2D eigenvalue weighted by Crippen LogP contribution is -2.19. The van der Waals surface area contributed by atoms with Crippen LogP contribution >= 0.6 is 11.8 Å². The molecule has 0 atom stereocenters. The van der Waals surface area contributed by atoms with Crippen LogP contribution in [0.4, 0.5) is 16.2 Å². The number of aryl methyl sites for hydroxylation is 1. The summed E-state index contributed by atoms with van der Waals surface area (Å²) in [6, 6.07) is 19.2. The van der Waals surface area contributed by atoms with E-state index in [-0.39, 0.29) is 6.03 Å². The predicted octanol–water partition coefficient (Wildman–Crippen LogP) is 5.68. The van der Waals surface area contributed by atoms with Gasteiger partial charge in [0, 0.05) is 34.2 Å². The number of anilines is 2. The molecule has 2 heterocycles. The van der Waals surface area contributed by atoms with Crippen LogP contribution in [-0.2, 0) is 0 Å². The fourth-order valence-electron chi connectivity index (χ4n) is 2.94. The number of carbonyl (C=O) groups is 1. The molecule has 2 N–H and O–H groups in total. The number of hydrogen-bond donors (Lipinski definition) is 2. The summed E-state index contributed by atoms with van der Waals surface area (Å²) in [5.74, 6) is 0. The Labute approximate surface area is 167 Å². The largest absolute Gasteiger partial charge is 0.323 e. The fraction of sp³-hybridized carbons (Fsp3) is 0.0909. The van der Waals surface area contributed by atoms with Crippen LogP contribution in [0.2, 0.25) is 0 Å². The highest BCUT2D eigenvalue weighted by Gasteiger charge is 2.07. The zero-order valence-corrected chi connectivity index (χ0v) is 16.5. The van der Waals surface area contributed by atoms with Gasteiger partial charge in [0.05, 0.1) is 5.69 Å². The number of benzene rings is 2. The number of fused-ring (bicyclic) bond motifs is 1. The van der Waals surface area contributed by atoms with Gasteiger partial charge in [-0.15, -0.1) is 11.8 Å². The quantitative estimate of drug-likeness (QED) is 0.443. The van der Waals surface area contributed by atoms with Gasteiger partial charge in [0.25, 0.3) is 0 Å². The first-order valence-electron chi connectivity index (χ1n) is 8.88. The summed E-state index contributed by atoms with van der Waals surface area (Å²) in [5.41, 5.74) is 5.49. The molecule has 2 aromatic heterocycles. The Bertz CT molecular complexity index is 1130. The van der Waals surface area contributed by atoms with E-state index in [1.165, 1.54) is 5.56 Å². The molecule has 140 valence electrons. The summed E-state index contributed by atoms with van der Waals surface area (Å²) in [6.45, 7) is 2.05. The van der Waals surface area contributed by atoms with Crippen molar-refractivity contribution in [2.75, 3.05) is 16.9 Å². The van der Waals surface area contributed by atoms with Crippen molar-refractivity contribution in [3.63, 3.8) is 0 Å². The van der Waals surface area contributed by atoms with Gasteiger partial charge >= 0.3 is 6.03 Å². The van der Waals surface area contributed by atoms with Crippen molar-refractivity contribution < 1.29 is 4.79 Å². The van der Waals surface area contributed by atoms with Crippen LogP contribution in [0.5, 0.6) is 0 Å². The van der Waals surface area contributed by atoms with Crippen molar-refractivity contribution in [3.8, 4) is 11.3 Å². The Hall–Kier alpha value is -3.25. The Kier molecular flexibility index (Phi) is 5.04. The van der Waals surface area contributed by atoms with Crippen LogP contribution in [0.1, 0.15) is 5.56 Å². The van der Waals surface area contributed by atoms with Crippen LogP contribution in [0, 0.1) is 6.92 Å². The number of amides is 2. The molecule has 0 fully saturated rings. The number of urea groups is 1. The molecule has 0 radical (unpaired) electrons. The number of hydrogen-bond acceptors (Lipinski definition) is 3. The van der Waals surface area contributed by atoms with E-state index in [0.29, 0.717) is 0 Å². The minimum Gasteiger partial charge on any atom is -0.308 e. The minimum absolute atomic E-state index is 0.269. The summed E-state index contributed by atoms with van der Waals surface area (Å²) in [4.78, 5) is 18.0. The highest BCUT2D eigenvalue weighted by Crippen LogP contribution is 2.22. The van der Waals surface area contributed by atoms with Gasteiger partial charge in [-0.2, -0.15) is 0 Å². The van der Waals surface area contributed by atoms with E-state index in [9.17, 15) is 4.79 Å². The fourth-order valence-corrected chi connectivity index (χ4v) is 3.40. The summed E-state index contributed by atoms with van der Waals surface area (Å²) >= 11 is 1.64. The van der Waals surface area contributed by atoms with Gasteiger partial charge in [0.15, 0.2) is 0 Å². The van der Waals surface area contributed by atoms with Crippen molar-refractivity contribution >= 4 is 34.8 Å². The monoisotopic (exact) mass is 388 g/mol. The van der Waals surface area contributed by atoms with E-state index in [2.05, 4.69) is 34.7 Å². The first-order valence-corrected chi connectivity index (χ1v) is 10.1. The molecule has 2 aromatic carbocycles. The normalized spacial score (nSPS) is 10.8. The van der Waals surface area contributed by atoms with E-state index in [4.69, 9.17) is 0 Å². The predicted molar refractivity (Wildman–Crippen MR) is 116 cm³/mol. The van der Waals surface area contributed by atoms with E-state index in [0.717, 1.165) is 33.2 Å². The van der Waals surface area contributed by atoms with Crippen LogP contribution < -0.4 is 10.6 Å². The standard InChI is InChI=1S/C22H20N4OS/c1-15-10-11-26-14-20(25-21(26)12-15)16-6-8-17(9-7-16)23-22(27)24-18-4-3-5-19(13-18)28-2/h3-14H,1-2H3,(H2,23,24,27). The van der Waals surface area contributed by atoms with Crippen LogP contribution in [0.25, 0.3) is 16.9 Å². The summed E-state index contributed by atoms with van der Waals surface area (Å²) in [7, 11) is 0. The third-order valence-corrected chi connectivity index (χ3v) is 5.11. The number of carbonyl (C=O) groups excluding carboxylic acids is 1. The number of pyridine rings is 1. The van der Waals surface area contributed by atoms with Gasteiger partial charge in [0.1, 0.15) is 5.65 Å². The molecule has 4 rings (SSSR count). The molecule has 4 aromatic rings. The van der Waals surface area contributed by atoms with Gasteiger partial charge in [-0.05, 0) is 61.2 Å². The molecule has 2 amide bonds. The number of aromatic nitrogens is 2. The van der Waals surface area contributed by atoms with E-state index in [1.54, 1.807) is 11.8 Å². The van der Waals surface area contributed by atoms with Crippen molar-refractivity contribution in [2.24, 2.45) is 0 Å². The van der Waals surface area contributed by atoms with Gasteiger partial charge in [-0.25, -0.2) is 9.78 Å². The lowest BCUT2D eigenvalue weighted by atomic mass is 10.1. The molecule has 0 saturated heterocycles. The molecule has 5 nitrogen and oxygen atoms in total. The number of thioether (sulfide) groups is 1. The van der Waals surface area contributed by atoms with Crippen LogP contribution in [-0.4, -0.2) is 21.7 Å². The second-order valence-corrected chi connectivity index (χ2v) is 7.36. The third kappa shape index (κ3) is 4.02. The maximum Gasteiger partial charge on any atom is 0.323 e. The topological polar surface area (TPSA) is 58.4 Å². The van der Waals surface area contributed by atoms with Crippen molar-refractivity contribution in [1.29, 1.82) is 0 Å². The second kappa shape index (κ2) is 7.78. The van der Waals surface area contributed by atoms with E-state index < -0.39 is 0 Å². The van der Waals surface area contributed by atoms with Gasteiger partial charge in [0.2, 0.25) is 0 Å². The van der Waals surface area contributed by atoms with Gasteiger partial charge in [-0.3, -0.25) is 0 Å². The molecule has 0 aliphatic heterocycles. The number of imidazole rings is 1. The highest BCUT2D eigenvalue weighted by atomic mass is 32.2. The molecule has 6 heteroatoms. The Morgan fingerprint density at radius 1 is 1.00 bits per heavy atom. The lowest BCUT2D eigenvalue weighted by Gasteiger charge is -2.09. The smallest absolute Gasteiger partial charge is 0.308 e. The molecule has 28 heavy (non-hydrogen) atoms. The van der Waals surface area contributed by atoms with Gasteiger partial charge < -0.3 is 15.0 Å². The molecule has 0 aliphatic carbocycles. The molecular formula is C22H20N4OS. The number of nitrogens with zero attached hydrogens (tertiary/aromatic N) is 2. The van der Waals surface area contributed by atoms with Gasteiger partial charge in [-0.1, -0.05) is 18.2 Å². The third-order valence-electron chi connectivity index (χ3n) is 4.38. The van der Waals surface area contributed by atoms with Crippen LogP contribution in [0.15, 0.2) is 78.0 Å². The number of nitrogens with one attached hydrogen (secondary N) is 2. The average molecular weight is 388 g/mol. The first-order chi connectivity index (χ1) is 13.6. The van der Waals surface area contributed by atoms with Crippen molar-refractivity contribution in [2.45, 2.75) is 11.8 Å². The maximum atomic E-state index is 12.2. The summed E-state index contributed by atoms with van der Waals surface area (Å²) in [5, 5.41) is 5.71. The van der Waals surface area contributed by atoms with E-state index >= 15 is 0 Å². The van der Waals surface area contributed by atoms with Crippen molar-refractivity contribution in [1.82, 2.24) is 9.38 Å². The average Bonchev–Trinajstić information content (AvgIpc) is 3.11. The highest BCUT2D eigenvalue weighted by molar-refractivity contribution is 7.98. The molecule has 0 saturated carbocycles. The zero-order valence-electron chi connectivity index (χ0n) is 15.6. The summed E-state index contributed by atoms with van der Waals surface area (Å²) < 4.78 is 2.00. The lowest BCUT2D eigenvalue weighted by molar-refractivity contribution is 0.262. The molecule has 0 unspecified atom stereocenters. The Balaban J connectivity index is 1.45. The first kappa shape index (κ1) is 18.1. The van der Waals surface area contributed by atoms with Crippen molar-refractivity contribution in [3.05, 3.63) is 78.6 Å². The molecule has 0 spiro atoms.